The van der Waals surface area contributed by atoms with Crippen LogP contribution >= 0.6 is 0 Å². The number of methoxy groups -OCH3 is 1. The molecule has 4 rings (SSSR count). The van der Waals surface area contributed by atoms with Crippen LogP contribution in [-0.4, -0.2) is 36.1 Å². The van der Waals surface area contributed by atoms with Gasteiger partial charge in [-0.15, -0.1) is 0 Å². The molecule has 0 aliphatic carbocycles. The van der Waals surface area contributed by atoms with Gasteiger partial charge in [0.05, 0.1) is 25.3 Å². The third-order valence-corrected chi connectivity index (χ3v) is 4.78. The Morgan fingerprint density at radius 3 is 3.08 bits per heavy atom. The molecule has 0 unspecified atom stereocenters. The first-order valence-corrected chi connectivity index (χ1v) is 8.52. The lowest BCUT2D eigenvalue weighted by molar-refractivity contribution is -0.00404. The van der Waals surface area contributed by atoms with Crippen LogP contribution in [0.3, 0.4) is 0 Å². The van der Waals surface area contributed by atoms with Crippen LogP contribution in [0.15, 0.2) is 24.7 Å². The van der Waals surface area contributed by atoms with E-state index in [1.807, 2.05) is 36.3 Å². The van der Waals surface area contributed by atoms with Gasteiger partial charge in [-0.1, -0.05) is 0 Å². The number of nitrogens with zero attached hydrogens (tertiary/aromatic N) is 2. The van der Waals surface area contributed by atoms with Crippen molar-refractivity contribution in [3.8, 4) is 17.2 Å². The molecule has 25 heavy (non-hydrogen) atoms. The van der Waals surface area contributed by atoms with Crippen molar-refractivity contribution in [1.82, 2.24) is 14.9 Å². The molecule has 134 valence electrons. The van der Waals surface area contributed by atoms with E-state index < -0.39 is 0 Å². The first kappa shape index (κ1) is 16.2. The monoisotopic (exact) mass is 345 g/mol. The Kier molecular flexibility index (Phi) is 4.50. The average Bonchev–Trinajstić information content (AvgIpc) is 3.28. The van der Waals surface area contributed by atoms with Crippen LogP contribution in [0.2, 0.25) is 0 Å². The van der Waals surface area contributed by atoms with Crippen LogP contribution < -0.4 is 19.5 Å². The first-order chi connectivity index (χ1) is 12.2. The molecule has 2 aliphatic heterocycles. The molecule has 0 spiro atoms. The smallest absolute Gasteiger partial charge is 0.231 e. The molecule has 1 aromatic carbocycles. The van der Waals surface area contributed by atoms with Crippen LogP contribution in [0, 0.1) is 0 Å². The Hall–Kier alpha value is -2.25. The normalized spacial score (nSPS) is 22.2. The molecule has 7 heteroatoms. The Balaban J connectivity index is 1.41. The number of benzene rings is 1. The zero-order chi connectivity index (χ0) is 17.2. The maximum absolute atomic E-state index is 5.93. The molecular formula is C18H23N3O4. The molecule has 2 aliphatic rings. The summed E-state index contributed by atoms with van der Waals surface area (Å²) in [6, 6.07) is 4.40. The van der Waals surface area contributed by atoms with Crippen LogP contribution in [0.4, 0.5) is 0 Å². The predicted octanol–water partition coefficient (Wildman–Crippen LogP) is 2.17. The summed E-state index contributed by atoms with van der Waals surface area (Å²) in [5.74, 6) is 2.15. The van der Waals surface area contributed by atoms with Gasteiger partial charge in [-0.05, 0) is 30.5 Å². The van der Waals surface area contributed by atoms with Gasteiger partial charge in [-0.25, -0.2) is 4.98 Å². The van der Waals surface area contributed by atoms with E-state index in [9.17, 15) is 0 Å². The van der Waals surface area contributed by atoms with Crippen molar-refractivity contribution in [3.05, 3.63) is 35.9 Å². The van der Waals surface area contributed by atoms with E-state index in [4.69, 9.17) is 18.9 Å². The van der Waals surface area contributed by atoms with Crippen molar-refractivity contribution in [2.24, 2.45) is 7.05 Å². The summed E-state index contributed by atoms with van der Waals surface area (Å²) in [7, 11) is 3.65. The molecule has 1 fully saturated rings. The van der Waals surface area contributed by atoms with Gasteiger partial charge in [0.15, 0.2) is 11.5 Å². The van der Waals surface area contributed by atoms with Crippen molar-refractivity contribution in [2.45, 2.75) is 31.5 Å². The zero-order valence-electron chi connectivity index (χ0n) is 14.5. The van der Waals surface area contributed by atoms with Crippen molar-refractivity contribution in [3.63, 3.8) is 0 Å². The minimum atomic E-state index is 0.0880. The fraction of sp³-hybridized carbons (Fsp3) is 0.500. The van der Waals surface area contributed by atoms with Gasteiger partial charge in [-0.2, -0.15) is 0 Å². The van der Waals surface area contributed by atoms with E-state index in [0.717, 1.165) is 43.0 Å². The van der Waals surface area contributed by atoms with Gasteiger partial charge in [0, 0.05) is 26.2 Å². The fourth-order valence-corrected chi connectivity index (χ4v) is 3.41. The third-order valence-electron chi connectivity index (χ3n) is 4.78. The topological polar surface area (TPSA) is 66.8 Å². The molecule has 2 atom stereocenters. The lowest BCUT2D eigenvalue weighted by atomic mass is 10.0. The average molecular weight is 345 g/mol. The minimum absolute atomic E-state index is 0.0880. The number of aryl methyl sites for hydroxylation is 1. The van der Waals surface area contributed by atoms with Crippen molar-refractivity contribution < 1.29 is 18.9 Å². The number of aromatic nitrogens is 2. The largest absolute Gasteiger partial charge is 0.493 e. The highest BCUT2D eigenvalue weighted by Gasteiger charge is 2.26. The number of nitrogens with one attached hydrogen (secondary N) is 1. The summed E-state index contributed by atoms with van der Waals surface area (Å²) in [5, 5.41) is 3.63. The first-order valence-electron chi connectivity index (χ1n) is 8.52. The maximum Gasteiger partial charge on any atom is 0.231 e. The zero-order valence-corrected chi connectivity index (χ0v) is 14.5. The molecule has 0 amide bonds. The fourth-order valence-electron chi connectivity index (χ4n) is 3.41. The maximum atomic E-state index is 5.93. The van der Waals surface area contributed by atoms with Crippen molar-refractivity contribution >= 4 is 0 Å². The van der Waals surface area contributed by atoms with E-state index in [1.54, 1.807) is 7.11 Å². The van der Waals surface area contributed by atoms with Gasteiger partial charge in [0.25, 0.3) is 0 Å². The van der Waals surface area contributed by atoms with Crippen LogP contribution in [0.25, 0.3) is 0 Å². The molecule has 2 aromatic rings. The third kappa shape index (κ3) is 3.29. The van der Waals surface area contributed by atoms with Crippen LogP contribution in [0.5, 0.6) is 17.2 Å². The molecule has 1 saturated heterocycles. The molecule has 0 saturated carbocycles. The molecule has 3 heterocycles. The summed E-state index contributed by atoms with van der Waals surface area (Å²) < 4.78 is 24.3. The second kappa shape index (κ2) is 6.93. The SMILES string of the molecule is COc1cc(CN[C@H]2CCO[C@@H](c3cncn3C)C2)cc2c1OCO2. The Morgan fingerprint density at radius 1 is 1.36 bits per heavy atom. The second-order valence-corrected chi connectivity index (χ2v) is 6.42. The molecule has 0 radical (unpaired) electrons. The standard InChI is InChI=1S/C18H23N3O4/c1-21-10-19-9-14(21)15-7-13(3-4-23-15)20-8-12-5-16(22-2)18-17(6-12)24-11-25-18/h5-6,9-10,13,15,20H,3-4,7-8,11H2,1-2H3/t13-,15+/m0/s1. The van der Waals surface area contributed by atoms with Crippen molar-refractivity contribution in [2.75, 3.05) is 20.5 Å². The highest BCUT2D eigenvalue weighted by Crippen LogP contribution is 2.41. The number of hydrogen-bond acceptors (Lipinski definition) is 6. The van der Waals surface area contributed by atoms with Gasteiger partial charge < -0.3 is 28.8 Å². The van der Waals surface area contributed by atoms with E-state index in [-0.39, 0.29) is 12.9 Å². The van der Waals surface area contributed by atoms with Gasteiger partial charge in [-0.3, -0.25) is 0 Å². The molecule has 1 N–H and O–H groups in total. The minimum Gasteiger partial charge on any atom is -0.493 e. The Labute approximate surface area is 146 Å². The predicted molar refractivity (Wildman–Crippen MR) is 90.9 cm³/mol. The number of fused-ring (bicyclic) bond motifs is 1. The molecule has 7 nitrogen and oxygen atoms in total. The van der Waals surface area contributed by atoms with Gasteiger partial charge in [0.1, 0.15) is 6.10 Å². The van der Waals surface area contributed by atoms with Gasteiger partial charge in [0.2, 0.25) is 12.5 Å². The van der Waals surface area contributed by atoms with E-state index in [1.165, 1.54) is 0 Å². The molecular weight excluding hydrogens is 322 g/mol. The summed E-state index contributed by atoms with van der Waals surface area (Å²) in [5.41, 5.74) is 2.24. The highest BCUT2D eigenvalue weighted by molar-refractivity contribution is 5.55. The molecule has 0 bridgehead atoms. The Morgan fingerprint density at radius 2 is 2.28 bits per heavy atom. The lowest BCUT2D eigenvalue weighted by Crippen LogP contribution is -2.36. The second-order valence-electron chi connectivity index (χ2n) is 6.42. The summed E-state index contributed by atoms with van der Waals surface area (Å²) >= 11 is 0. The van der Waals surface area contributed by atoms with Crippen LogP contribution in [-0.2, 0) is 18.3 Å². The lowest BCUT2D eigenvalue weighted by Gasteiger charge is -2.30. The van der Waals surface area contributed by atoms with Crippen LogP contribution in [0.1, 0.15) is 30.2 Å². The number of rotatable bonds is 5. The van der Waals surface area contributed by atoms with E-state index in [0.29, 0.717) is 17.5 Å². The van der Waals surface area contributed by atoms with E-state index in [2.05, 4.69) is 10.3 Å². The number of ether oxygens (including phenoxy) is 4. The molecule has 1 aromatic heterocycles. The van der Waals surface area contributed by atoms with E-state index >= 15 is 0 Å². The van der Waals surface area contributed by atoms with Crippen molar-refractivity contribution in [1.29, 1.82) is 0 Å². The summed E-state index contributed by atoms with van der Waals surface area (Å²) in [6.45, 7) is 1.74. The number of imidazole rings is 1. The number of hydrogen-bond donors (Lipinski definition) is 1. The van der Waals surface area contributed by atoms with Gasteiger partial charge >= 0.3 is 0 Å². The quantitative estimate of drug-likeness (QED) is 0.896. The highest BCUT2D eigenvalue weighted by atomic mass is 16.7. The Bertz CT molecular complexity index is 746. The summed E-state index contributed by atoms with van der Waals surface area (Å²) in [4.78, 5) is 4.19. The summed E-state index contributed by atoms with van der Waals surface area (Å²) in [6.07, 6.45) is 5.71.